The van der Waals surface area contributed by atoms with Crippen LogP contribution in [-0.2, 0) is 14.3 Å². The Bertz CT molecular complexity index is 1100. The van der Waals surface area contributed by atoms with Crippen molar-refractivity contribution < 1.29 is 24.2 Å². The third-order valence-corrected chi connectivity index (χ3v) is 7.81. The van der Waals surface area contributed by atoms with Gasteiger partial charge in [0.25, 0.3) is 0 Å². The lowest BCUT2D eigenvalue weighted by molar-refractivity contribution is -0.146. The Morgan fingerprint density at radius 1 is 0.971 bits per heavy atom. The minimum absolute atomic E-state index is 0.00839. The van der Waals surface area contributed by atoms with Gasteiger partial charge in [0, 0.05) is 17.9 Å². The van der Waals surface area contributed by atoms with Crippen molar-refractivity contribution in [2.24, 2.45) is 17.8 Å². The van der Waals surface area contributed by atoms with E-state index in [1.165, 1.54) is 36.1 Å². The van der Waals surface area contributed by atoms with Gasteiger partial charge in [-0.15, -0.1) is 0 Å². The predicted molar refractivity (Wildman–Crippen MR) is 126 cm³/mol. The molecule has 34 heavy (non-hydrogen) atoms. The largest absolute Gasteiger partial charge is 0.480 e. The van der Waals surface area contributed by atoms with Gasteiger partial charge < -0.3 is 20.5 Å². The number of hydrogen-bond acceptors (Lipinski definition) is 4. The molecule has 3 aliphatic carbocycles. The number of carboxylic acids is 1. The summed E-state index contributed by atoms with van der Waals surface area (Å²) in [6, 6.07) is 16.4. The maximum Gasteiger partial charge on any atom is 0.407 e. The van der Waals surface area contributed by atoms with Gasteiger partial charge in [0.05, 0.1) is 0 Å². The second-order valence-electron chi connectivity index (χ2n) is 10.3. The Morgan fingerprint density at radius 2 is 1.59 bits per heavy atom. The van der Waals surface area contributed by atoms with Gasteiger partial charge in [0.1, 0.15) is 12.1 Å². The fourth-order valence-corrected chi connectivity index (χ4v) is 5.86. The van der Waals surface area contributed by atoms with Crippen LogP contribution in [0, 0.1) is 17.8 Å². The molecule has 3 aliphatic rings. The Kier molecular flexibility index (Phi) is 5.58. The SMILES string of the molecule is CC(C)(NC(=O)C1CC2CC(NC(=O)OCC3c4ccccc4-c4ccccc43)C2C1)C(=O)O. The summed E-state index contributed by atoms with van der Waals surface area (Å²) in [6.07, 6.45) is 1.78. The number of benzene rings is 2. The van der Waals surface area contributed by atoms with Crippen LogP contribution in [0.2, 0.25) is 0 Å². The van der Waals surface area contributed by atoms with Gasteiger partial charge >= 0.3 is 12.1 Å². The van der Waals surface area contributed by atoms with E-state index in [2.05, 4.69) is 34.9 Å². The lowest BCUT2D eigenvalue weighted by Crippen LogP contribution is -2.51. The summed E-state index contributed by atoms with van der Waals surface area (Å²) >= 11 is 0. The van der Waals surface area contributed by atoms with E-state index in [0.29, 0.717) is 12.3 Å². The quantitative estimate of drug-likeness (QED) is 0.604. The maximum absolute atomic E-state index is 12.6. The summed E-state index contributed by atoms with van der Waals surface area (Å²) in [5.74, 6) is -0.877. The van der Waals surface area contributed by atoms with Gasteiger partial charge in [-0.2, -0.15) is 0 Å². The monoisotopic (exact) mass is 462 g/mol. The van der Waals surface area contributed by atoms with Gasteiger partial charge in [-0.1, -0.05) is 48.5 Å². The van der Waals surface area contributed by atoms with E-state index in [1.54, 1.807) is 0 Å². The predicted octanol–water partition coefficient (Wildman–Crippen LogP) is 3.92. The molecular formula is C27H30N2O5. The Morgan fingerprint density at radius 3 is 2.21 bits per heavy atom. The van der Waals surface area contributed by atoms with Crippen LogP contribution in [0.25, 0.3) is 11.1 Å². The molecule has 0 bridgehead atoms. The van der Waals surface area contributed by atoms with E-state index in [0.717, 1.165) is 12.8 Å². The smallest absolute Gasteiger partial charge is 0.407 e. The number of aliphatic carboxylic acids is 1. The molecule has 2 saturated carbocycles. The summed E-state index contributed by atoms with van der Waals surface area (Å²) in [5.41, 5.74) is 3.44. The van der Waals surface area contributed by atoms with Crippen molar-refractivity contribution >= 4 is 18.0 Å². The number of carbonyl (C=O) groups excluding carboxylic acids is 2. The van der Waals surface area contributed by atoms with Crippen LogP contribution in [0.15, 0.2) is 48.5 Å². The molecule has 0 saturated heterocycles. The zero-order valence-corrected chi connectivity index (χ0v) is 19.4. The van der Waals surface area contributed by atoms with Crippen LogP contribution >= 0.6 is 0 Å². The molecule has 2 aromatic rings. The minimum atomic E-state index is -1.29. The average molecular weight is 463 g/mol. The van der Waals surface area contributed by atoms with Crippen LogP contribution in [0.3, 0.4) is 0 Å². The average Bonchev–Trinajstić information content (AvgIpc) is 3.31. The number of nitrogens with one attached hydrogen (secondary N) is 2. The van der Waals surface area contributed by atoms with Crippen molar-refractivity contribution in [3.05, 3.63) is 59.7 Å². The van der Waals surface area contributed by atoms with Gasteiger partial charge in [0.2, 0.25) is 5.91 Å². The normalized spacial score (nSPS) is 24.9. The van der Waals surface area contributed by atoms with Crippen molar-refractivity contribution in [3.8, 4) is 11.1 Å². The lowest BCUT2D eigenvalue weighted by atomic mass is 9.71. The number of rotatable bonds is 6. The number of carbonyl (C=O) groups is 3. The van der Waals surface area contributed by atoms with Crippen LogP contribution in [-0.4, -0.2) is 41.3 Å². The topological polar surface area (TPSA) is 105 Å². The van der Waals surface area contributed by atoms with Crippen molar-refractivity contribution in [2.75, 3.05) is 6.61 Å². The second kappa shape index (κ2) is 8.46. The fraction of sp³-hybridized carbons (Fsp3) is 0.444. The molecule has 4 unspecified atom stereocenters. The summed E-state index contributed by atoms with van der Waals surface area (Å²) in [5, 5.41) is 14.9. The highest BCUT2D eigenvalue weighted by Gasteiger charge is 2.50. The van der Waals surface area contributed by atoms with E-state index in [-0.39, 0.29) is 36.3 Å². The van der Waals surface area contributed by atoms with Gasteiger partial charge in [-0.25, -0.2) is 9.59 Å². The molecule has 2 amide bonds. The molecule has 4 atom stereocenters. The molecule has 0 spiro atoms. The van der Waals surface area contributed by atoms with Gasteiger partial charge in [-0.3, -0.25) is 4.79 Å². The number of ether oxygens (including phenoxy) is 1. The molecular weight excluding hydrogens is 432 g/mol. The van der Waals surface area contributed by atoms with Gasteiger partial charge in [0.15, 0.2) is 0 Å². The highest BCUT2D eigenvalue weighted by atomic mass is 16.5. The molecule has 3 N–H and O–H groups in total. The van der Waals surface area contributed by atoms with Crippen LogP contribution in [0.5, 0.6) is 0 Å². The number of carboxylic acid groups (broad SMARTS) is 1. The Balaban J connectivity index is 1.15. The minimum Gasteiger partial charge on any atom is -0.480 e. The van der Waals surface area contributed by atoms with Crippen molar-refractivity contribution in [2.45, 2.75) is 50.6 Å². The second-order valence-corrected chi connectivity index (χ2v) is 10.3. The fourth-order valence-electron chi connectivity index (χ4n) is 5.86. The summed E-state index contributed by atoms with van der Waals surface area (Å²) in [7, 11) is 0. The first kappa shape index (κ1) is 22.4. The van der Waals surface area contributed by atoms with Crippen LogP contribution in [0.4, 0.5) is 4.79 Å². The molecule has 5 rings (SSSR count). The highest BCUT2D eigenvalue weighted by molar-refractivity contribution is 5.87. The van der Waals surface area contributed by atoms with E-state index >= 15 is 0 Å². The van der Waals surface area contributed by atoms with Crippen molar-refractivity contribution in [1.82, 2.24) is 10.6 Å². The first-order valence-corrected chi connectivity index (χ1v) is 11.9. The Hall–Kier alpha value is -3.35. The van der Waals surface area contributed by atoms with E-state index in [4.69, 9.17) is 4.74 Å². The molecule has 7 nitrogen and oxygen atoms in total. The summed E-state index contributed by atoms with van der Waals surface area (Å²) < 4.78 is 5.67. The first-order chi connectivity index (χ1) is 16.2. The van der Waals surface area contributed by atoms with Crippen LogP contribution < -0.4 is 10.6 Å². The molecule has 2 fully saturated rings. The van der Waals surface area contributed by atoms with Crippen LogP contribution in [0.1, 0.15) is 50.2 Å². The Labute approximate surface area is 198 Å². The van der Waals surface area contributed by atoms with Gasteiger partial charge in [-0.05, 0) is 67.2 Å². The number of amides is 2. The molecule has 0 aromatic heterocycles. The molecule has 0 radical (unpaired) electrons. The van der Waals surface area contributed by atoms with Crippen molar-refractivity contribution in [3.63, 3.8) is 0 Å². The van der Waals surface area contributed by atoms with E-state index in [1.807, 2.05) is 24.3 Å². The number of alkyl carbamates (subject to hydrolysis) is 1. The lowest BCUT2D eigenvalue weighted by Gasteiger charge is -2.40. The zero-order chi connectivity index (χ0) is 24.0. The molecule has 2 aromatic carbocycles. The standard InChI is InChI=1S/C27H30N2O5/c1-27(2,25(31)32)29-24(30)16-11-15-13-23(21(15)12-16)28-26(33)34-14-22-19-9-5-3-7-17(19)18-8-4-6-10-20(18)22/h3-10,15-16,21-23H,11-14H2,1-2H3,(H,28,33)(H,29,30)(H,31,32). The summed E-state index contributed by atoms with van der Waals surface area (Å²) in [4.78, 5) is 36.5. The maximum atomic E-state index is 12.6. The molecule has 0 aliphatic heterocycles. The summed E-state index contributed by atoms with van der Waals surface area (Å²) in [6.45, 7) is 3.24. The molecule has 178 valence electrons. The highest BCUT2D eigenvalue weighted by Crippen LogP contribution is 2.50. The van der Waals surface area contributed by atoms with E-state index in [9.17, 15) is 19.5 Å². The third kappa shape index (κ3) is 3.93. The van der Waals surface area contributed by atoms with E-state index < -0.39 is 17.6 Å². The molecule has 0 heterocycles. The third-order valence-electron chi connectivity index (χ3n) is 7.81. The molecule has 7 heteroatoms. The zero-order valence-electron chi connectivity index (χ0n) is 19.4. The van der Waals surface area contributed by atoms with Crippen molar-refractivity contribution in [1.29, 1.82) is 0 Å². The number of fused-ring (bicyclic) bond motifs is 4. The number of hydrogen-bond donors (Lipinski definition) is 3. The first-order valence-electron chi connectivity index (χ1n) is 11.9.